The van der Waals surface area contributed by atoms with E-state index in [4.69, 9.17) is 10.5 Å². The van der Waals surface area contributed by atoms with Crippen molar-refractivity contribution in [1.82, 2.24) is 15.3 Å². The van der Waals surface area contributed by atoms with Gasteiger partial charge in [0.15, 0.2) is 11.5 Å². The van der Waals surface area contributed by atoms with Crippen molar-refractivity contribution in [2.75, 3.05) is 24.1 Å². The molecule has 34 heavy (non-hydrogen) atoms. The molecule has 7 nitrogen and oxygen atoms in total. The highest BCUT2D eigenvalue weighted by Crippen LogP contribution is 2.30. The van der Waals surface area contributed by atoms with Crippen LogP contribution in [0.15, 0.2) is 42.7 Å². The van der Waals surface area contributed by atoms with Gasteiger partial charge in [-0.05, 0) is 44.5 Å². The second-order valence-corrected chi connectivity index (χ2v) is 7.60. The third-order valence-corrected chi connectivity index (χ3v) is 5.27. The molecule has 3 heterocycles. The zero-order valence-corrected chi connectivity index (χ0v) is 18.8. The minimum atomic E-state index is -1.06. The summed E-state index contributed by atoms with van der Waals surface area (Å²) in [5.41, 5.74) is 4.06. The normalized spacial score (nSPS) is 15.7. The van der Waals surface area contributed by atoms with Crippen molar-refractivity contribution in [3.63, 3.8) is 0 Å². The molecule has 0 radical (unpaired) electrons. The van der Waals surface area contributed by atoms with Gasteiger partial charge in [0.2, 0.25) is 0 Å². The molecule has 1 saturated heterocycles. The fraction of sp³-hybridized carbons (Fsp3) is 0.261. The van der Waals surface area contributed by atoms with E-state index in [0.717, 1.165) is 56.6 Å². The minimum absolute atomic E-state index is 0. The van der Waals surface area contributed by atoms with Gasteiger partial charge in [-0.1, -0.05) is 6.07 Å². The Kier molecular flexibility index (Phi) is 8.30. The molecule has 1 unspecified atom stereocenters. The summed E-state index contributed by atoms with van der Waals surface area (Å²) in [4.78, 5) is 20.8. The zero-order chi connectivity index (χ0) is 23.4. The molecular formula is C23H23ClF3N5O2. The number of nitrogens with one attached hydrogen (secondary N) is 2. The van der Waals surface area contributed by atoms with Crippen LogP contribution in [-0.2, 0) is 0 Å². The maximum Gasteiger partial charge on any atom is 0.276 e. The van der Waals surface area contributed by atoms with Crippen molar-refractivity contribution < 1.29 is 22.7 Å². The van der Waals surface area contributed by atoms with E-state index >= 15 is 0 Å². The molecular weight excluding hydrogens is 471 g/mol. The first-order chi connectivity index (χ1) is 15.9. The molecule has 1 aliphatic rings. The molecule has 2 aromatic heterocycles. The van der Waals surface area contributed by atoms with Gasteiger partial charge in [0.25, 0.3) is 5.91 Å². The van der Waals surface area contributed by atoms with Gasteiger partial charge in [-0.15, -0.1) is 12.4 Å². The second-order valence-electron chi connectivity index (χ2n) is 7.60. The zero-order valence-electron chi connectivity index (χ0n) is 18.0. The lowest BCUT2D eigenvalue weighted by Crippen LogP contribution is -2.21. The lowest BCUT2D eigenvalue weighted by molar-refractivity contribution is 0.102. The van der Waals surface area contributed by atoms with Crippen LogP contribution in [-0.4, -0.2) is 35.1 Å². The summed E-state index contributed by atoms with van der Waals surface area (Å²) in [5.74, 6) is -3.48. The average molecular weight is 494 g/mol. The number of amides is 1. The summed E-state index contributed by atoms with van der Waals surface area (Å²) in [6, 6.07) is 5.51. The van der Waals surface area contributed by atoms with Gasteiger partial charge in [0.1, 0.15) is 34.9 Å². The monoisotopic (exact) mass is 493 g/mol. The molecule has 1 aromatic carbocycles. The number of aromatic nitrogens is 2. The highest BCUT2D eigenvalue weighted by Gasteiger charge is 2.23. The van der Waals surface area contributed by atoms with Crippen molar-refractivity contribution >= 4 is 29.7 Å². The van der Waals surface area contributed by atoms with Crippen LogP contribution >= 0.6 is 12.4 Å². The van der Waals surface area contributed by atoms with E-state index < -0.39 is 34.6 Å². The van der Waals surface area contributed by atoms with Gasteiger partial charge in [-0.2, -0.15) is 0 Å². The number of anilines is 2. The van der Waals surface area contributed by atoms with Gasteiger partial charge < -0.3 is 21.1 Å². The standard InChI is InChI=1S/C23H22F3N5O2.ClH/c24-14-4-1-5-15(25)20(14)21-16(26)11-17(27)22(31-21)23(32)30-18-12-29-10-7-19(18)33-13-3-2-8-28-9-6-13;/h1,4-5,7,10-13,28H,2-3,6,8-9,27H2,(H,30,32);1H. The number of nitrogens with two attached hydrogens (primary N) is 1. The molecule has 3 aromatic rings. The van der Waals surface area contributed by atoms with E-state index in [-0.39, 0.29) is 35.6 Å². The molecule has 1 aliphatic heterocycles. The van der Waals surface area contributed by atoms with Crippen molar-refractivity contribution in [1.29, 1.82) is 0 Å². The topological polar surface area (TPSA) is 102 Å². The Bertz CT molecular complexity index is 1150. The molecule has 11 heteroatoms. The molecule has 4 rings (SSSR count). The van der Waals surface area contributed by atoms with Gasteiger partial charge in [-0.25, -0.2) is 18.2 Å². The van der Waals surface area contributed by atoms with Gasteiger partial charge in [0.05, 0.1) is 17.4 Å². The number of ether oxygens (including phenoxy) is 1. The van der Waals surface area contributed by atoms with Crippen LogP contribution < -0.4 is 21.1 Å². The number of carbonyl (C=O) groups is 1. The second kappa shape index (κ2) is 11.2. The number of halogens is 4. The van der Waals surface area contributed by atoms with Crippen LogP contribution in [0.25, 0.3) is 11.3 Å². The summed E-state index contributed by atoms with van der Waals surface area (Å²) in [6.45, 7) is 1.74. The molecule has 180 valence electrons. The van der Waals surface area contributed by atoms with E-state index in [1.807, 2.05) is 0 Å². The number of carbonyl (C=O) groups excluding carboxylic acids is 1. The average Bonchev–Trinajstić information content (AvgIpc) is 3.05. The van der Waals surface area contributed by atoms with Crippen molar-refractivity contribution in [3.05, 3.63) is 65.9 Å². The molecule has 0 bridgehead atoms. The number of nitrogens with zero attached hydrogens (tertiary/aromatic N) is 2. The predicted octanol–water partition coefficient (Wildman–Crippen LogP) is 4.34. The summed E-state index contributed by atoms with van der Waals surface area (Å²) in [7, 11) is 0. The van der Waals surface area contributed by atoms with Gasteiger partial charge in [-0.3, -0.25) is 9.78 Å². The summed E-state index contributed by atoms with van der Waals surface area (Å²) in [5, 5.41) is 5.91. The lowest BCUT2D eigenvalue weighted by atomic mass is 10.1. The molecule has 1 atom stereocenters. The third-order valence-electron chi connectivity index (χ3n) is 5.27. The molecule has 0 spiro atoms. The first-order valence-corrected chi connectivity index (χ1v) is 10.5. The van der Waals surface area contributed by atoms with Gasteiger partial charge >= 0.3 is 0 Å². The largest absolute Gasteiger partial charge is 0.488 e. The highest BCUT2D eigenvalue weighted by atomic mass is 35.5. The molecule has 4 N–H and O–H groups in total. The highest BCUT2D eigenvalue weighted by molar-refractivity contribution is 6.07. The van der Waals surface area contributed by atoms with Crippen LogP contribution in [0.5, 0.6) is 5.75 Å². The Morgan fingerprint density at radius 1 is 1.12 bits per heavy atom. The Morgan fingerprint density at radius 2 is 1.88 bits per heavy atom. The number of nitrogen functional groups attached to an aromatic ring is 1. The van der Waals surface area contributed by atoms with E-state index in [0.29, 0.717) is 5.75 Å². The number of rotatable bonds is 5. The molecule has 1 amide bonds. The SMILES string of the molecule is Cl.Nc1cc(F)c(-c2c(F)cccc2F)nc1C(=O)Nc1cnccc1OC1CCCNCC1. The van der Waals surface area contributed by atoms with Crippen molar-refractivity contribution in [2.24, 2.45) is 0 Å². The number of pyridine rings is 2. The van der Waals surface area contributed by atoms with Crippen molar-refractivity contribution in [2.45, 2.75) is 25.4 Å². The maximum absolute atomic E-state index is 14.5. The van der Waals surface area contributed by atoms with Crippen LogP contribution in [0.3, 0.4) is 0 Å². The van der Waals surface area contributed by atoms with Crippen LogP contribution in [0.4, 0.5) is 24.5 Å². The Balaban J connectivity index is 0.00000324. The van der Waals surface area contributed by atoms with Crippen LogP contribution in [0, 0.1) is 17.5 Å². The number of hydrogen-bond donors (Lipinski definition) is 3. The first kappa shape index (κ1) is 25.3. The van der Waals surface area contributed by atoms with E-state index in [9.17, 15) is 18.0 Å². The molecule has 0 saturated carbocycles. The van der Waals surface area contributed by atoms with Crippen LogP contribution in [0.2, 0.25) is 0 Å². The Labute approximate surface area is 200 Å². The predicted molar refractivity (Wildman–Crippen MR) is 125 cm³/mol. The lowest BCUT2D eigenvalue weighted by Gasteiger charge is -2.19. The summed E-state index contributed by atoms with van der Waals surface area (Å²) < 4.78 is 48.9. The smallest absolute Gasteiger partial charge is 0.276 e. The fourth-order valence-electron chi connectivity index (χ4n) is 3.63. The Morgan fingerprint density at radius 3 is 2.65 bits per heavy atom. The Hall–Kier alpha value is -3.37. The summed E-state index contributed by atoms with van der Waals surface area (Å²) in [6.07, 6.45) is 5.51. The van der Waals surface area contributed by atoms with E-state index in [2.05, 4.69) is 20.6 Å². The molecule has 0 aliphatic carbocycles. The number of benzene rings is 1. The summed E-state index contributed by atoms with van der Waals surface area (Å²) >= 11 is 0. The van der Waals surface area contributed by atoms with E-state index in [1.54, 1.807) is 6.07 Å². The quantitative estimate of drug-likeness (QED) is 0.489. The van der Waals surface area contributed by atoms with Crippen molar-refractivity contribution in [3.8, 4) is 17.0 Å². The van der Waals surface area contributed by atoms with Crippen LogP contribution in [0.1, 0.15) is 29.8 Å². The first-order valence-electron chi connectivity index (χ1n) is 10.5. The minimum Gasteiger partial charge on any atom is -0.488 e. The maximum atomic E-state index is 14.5. The third kappa shape index (κ3) is 5.57. The van der Waals surface area contributed by atoms with Gasteiger partial charge in [0, 0.05) is 18.3 Å². The number of hydrogen-bond acceptors (Lipinski definition) is 6. The fourth-order valence-corrected chi connectivity index (χ4v) is 3.63. The molecule has 1 fully saturated rings. The van der Waals surface area contributed by atoms with E-state index in [1.165, 1.54) is 12.4 Å².